The van der Waals surface area contributed by atoms with E-state index in [0.29, 0.717) is 25.1 Å². The van der Waals surface area contributed by atoms with Gasteiger partial charge in [-0.2, -0.15) is 0 Å². The van der Waals surface area contributed by atoms with E-state index in [9.17, 15) is 9.59 Å². The van der Waals surface area contributed by atoms with E-state index in [1.54, 1.807) is 6.26 Å². The summed E-state index contributed by atoms with van der Waals surface area (Å²) in [5.74, 6) is 3.47. The lowest BCUT2D eigenvalue weighted by atomic mass is 9.49. The lowest BCUT2D eigenvalue weighted by molar-refractivity contribution is -0.124. The third-order valence-corrected chi connectivity index (χ3v) is 8.23. The minimum absolute atomic E-state index is 0.00910. The van der Waals surface area contributed by atoms with Crippen molar-refractivity contribution >= 4 is 17.5 Å². The van der Waals surface area contributed by atoms with Crippen molar-refractivity contribution in [3.05, 3.63) is 53.5 Å². The Balaban J connectivity index is 1.17. The molecule has 5 heteroatoms. The van der Waals surface area contributed by atoms with Crippen molar-refractivity contribution in [1.82, 2.24) is 4.90 Å². The maximum absolute atomic E-state index is 13.1. The second kappa shape index (κ2) is 7.25. The molecule has 0 spiro atoms. The third-order valence-electron chi connectivity index (χ3n) is 8.23. The van der Waals surface area contributed by atoms with Gasteiger partial charge in [-0.1, -0.05) is 6.07 Å². The Morgan fingerprint density at radius 2 is 1.81 bits per heavy atom. The lowest BCUT2D eigenvalue weighted by Gasteiger charge is -2.56. The Morgan fingerprint density at radius 1 is 1.06 bits per heavy atom. The second-order valence-corrected chi connectivity index (χ2v) is 10.5. The maximum atomic E-state index is 13.1. The van der Waals surface area contributed by atoms with Crippen LogP contribution in [-0.2, 0) is 17.8 Å². The van der Waals surface area contributed by atoms with Gasteiger partial charge >= 0.3 is 0 Å². The normalized spacial score (nSPS) is 31.0. The average molecular weight is 419 g/mol. The van der Waals surface area contributed by atoms with E-state index < -0.39 is 0 Å². The first kappa shape index (κ1) is 19.1. The van der Waals surface area contributed by atoms with Crippen LogP contribution in [-0.4, -0.2) is 23.3 Å². The molecular weight excluding hydrogens is 388 g/mol. The molecule has 1 aliphatic heterocycles. The molecule has 2 amide bonds. The highest BCUT2D eigenvalue weighted by Crippen LogP contribution is 2.61. The molecule has 4 fully saturated rings. The fourth-order valence-electron chi connectivity index (χ4n) is 7.48. The van der Waals surface area contributed by atoms with Gasteiger partial charge < -0.3 is 14.6 Å². The van der Waals surface area contributed by atoms with E-state index in [-0.39, 0.29) is 17.2 Å². The number of rotatable bonds is 5. The molecule has 1 N–H and O–H groups in total. The smallest absolute Gasteiger partial charge is 0.254 e. The van der Waals surface area contributed by atoms with E-state index in [4.69, 9.17) is 4.42 Å². The summed E-state index contributed by atoms with van der Waals surface area (Å²) in [6.07, 6.45) is 10.9. The number of benzene rings is 1. The van der Waals surface area contributed by atoms with Crippen LogP contribution in [0.5, 0.6) is 0 Å². The summed E-state index contributed by atoms with van der Waals surface area (Å²) in [6.45, 7) is 1.11. The van der Waals surface area contributed by atoms with Gasteiger partial charge in [0.15, 0.2) is 0 Å². The van der Waals surface area contributed by atoms with Crippen LogP contribution < -0.4 is 5.32 Å². The average Bonchev–Trinajstić information content (AvgIpc) is 3.22. The number of nitrogens with zero attached hydrogens (tertiary/aromatic N) is 1. The lowest BCUT2D eigenvalue weighted by Crippen LogP contribution is -2.47. The molecule has 7 rings (SSSR count). The topological polar surface area (TPSA) is 62.6 Å². The fraction of sp³-hybridized carbons (Fsp3) is 0.538. The number of hydrogen-bond acceptors (Lipinski definition) is 3. The van der Waals surface area contributed by atoms with Crippen molar-refractivity contribution in [3.8, 4) is 0 Å². The number of amides is 2. The molecule has 1 aromatic heterocycles. The summed E-state index contributed by atoms with van der Waals surface area (Å²) >= 11 is 0. The summed E-state index contributed by atoms with van der Waals surface area (Å²) in [5.41, 5.74) is 2.72. The van der Waals surface area contributed by atoms with Gasteiger partial charge in [0, 0.05) is 24.2 Å². The van der Waals surface area contributed by atoms with Crippen LogP contribution in [0.1, 0.15) is 66.6 Å². The number of carbonyl (C=O) groups is 2. The van der Waals surface area contributed by atoms with Gasteiger partial charge in [-0.25, -0.2) is 0 Å². The standard InChI is InChI=1S/C26H30N2O3/c29-24(15-26-12-17-9-18(13-26)11-19(10-17)14-26)27-23-5-1-4-22-21(23)6-7-28(25(22)30)16-20-3-2-8-31-20/h1-5,8,17-19H,6-7,9-16H2,(H,27,29). The Morgan fingerprint density at radius 3 is 2.48 bits per heavy atom. The molecule has 162 valence electrons. The molecule has 0 saturated heterocycles. The van der Waals surface area contributed by atoms with Gasteiger partial charge in [0.2, 0.25) is 5.91 Å². The van der Waals surface area contributed by atoms with Crippen LogP contribution in [0, 0.1) is 23.2 Å². The first-order chi connectivity index (χ1) is 15.1. The van der Waals surface area contributed by atoms with Crippen LogP contribution in [0.25, 0.3) is 0 Å². The Labute approximate surface area is 183 Å². The third kappa shape index (κ3) is 3.48. The van der Waals surface area contributed by atoms with E-state index in [1.807, 2.05) is 35.2 Å². The van der Waals surface area contributed by atoms with Gasteiger partial charge in [-0.3, -0.25) is 9.59 Å². The molecule has 0 unspecified atom stereocenters. The van der Waals surface area contributed by atoms with Crippen LogP contribution in [0.2, 0.25) is 0 Å². The summed E-state index contributed by atoms with van der Waals surface area (Å²) in [6, 6.07) is 9.44. The van der Waals surface area contributed by atoms with Crippen molar-refractivity contribution in [1.29, 1.82) is 0 Å². The highest BCUT2D eigenvalue weighted by Gasteiger charge is 2.51. The van der Waals surface area contributed by atoms with Gasteiger partial charge in [0.05, 0.1) is 12.8 Å². The highest BCUT2D eigenvalue weighted by molar-refractivity contribution is 6.00. The summed E-state index contributed by atoms with van der Waals surface area (Å²) < 4.78 is 5.41. The Kier molecular flexibility index (Phi) is 4.48. The van der Waals surface area contributed by atoms with Crippen molar-refractivity contribution in [3.63, 3.8) is 0 Å². The largest absolute Gasteiger partial charge is 0.467 e. The predicted molar refractivity (Wildman–Crippen MR) is 117 cm³/mol. The number of anilines is 1. The minimum atomic E-state index is 0.00910. The summed E-state index contributed by atoms with van der Waals surface area (Å²) in [7, 11) is 0. The number of hydrogen-bond donors (Lipinski definition) is 1. The number of nitrogens with one attached hydrogen (secondary N) is 1. The summed E-state index contributed by atoms with van der Waals surface area (Å²) in [5, 5.41) is 3.20. The minimum Gasteiger partial charge on any atom is -0.467 e. The van der Waals surface area contributed by atoms with Crippen LogP contribution >= 0.6 is 0 Å². The first-order valence-electron chi connectivity index (χ1n) is 11.8. The van der Waals surface area contributed by atoms with Gasteiger partial charge in [0.25, 0.3) is 5.91 Å². The van der Waals surface area contributed by atoms with Crippen molar-refractivity contribution in [2.24, 2.45) is 23.2 Å². The highest BCUT2D eigenvalue weighted by atomic mass is 16.3. The molecule has 2 aromatic rings. The second-order valence-electron chi connectivity index (χ2n) is 10.5. The molecule has 5 nitrogen and oxygen atoms in total. The van der Waals surface area contributed by atoms with Gasteiger partial charge in [-0.05, 0) is 97.9 Å². The molecule has 5 aliphatic rings. The molecule has 0 radical (unpaired) electrons. The van der Waals surface area contributed by atoms with Crippen LogP contribution in [0.4, 0.5) is 5.69 Å². The van der Waals surface area contributed by atoms with E-state index >= 15 is 0 Å². The molecule has 0 atom stereocenters. The van der Waals surface area contributed by atoms with Crippen molar-refractivity contribution in [2.45, 2.75) is 57.9 Å². The van der Waals surface area contributed by atoms with E-state index in [2.05, 4.69) is 5.32 Å². The zero-order chi connectivity index (χ0) is 21.0. The maximum Gasteiger partial charge on any atom is 0.254 e. The zero-order valence-corrected chi connectivity index (χ0v) is 17.9. The fourth-order valence-corrected chi connectivity index (χ4v) is 7.48. The van der Waals surface area contributed by atoms with Crippen molar-refractivity contribution < 1.29 is 14.0 Å². The molecule has 2 heterocycles. The quantitative estimate of drug-likeness (QED) is 0.741. The molecule has 4 saturated carbocycles. The van der Waals surface area contributed by atoms with E-state index in [0.717, 1.165) is 41.2 Å². The first-order valence-corrected chi connectivity index (χ1v) is 11.8. The van der Waals surface area contributed by atoms with Crippen LogP contribution in [0.15, 0.2) is 41.0 Å². The number of carbonyl (C=O) groups excluding carboxylic acids is 2. The predicted octanol–water partition coefficient (Wildman–Crippen LogP) is 5.02. The van der Waals surface area contributed by atoms with E-state index in [1.165, 1.54) is 38.5 Å². The molecular formula is C26H30N2O3. The number of furan rings is 1. The summed E-state index contributed by atoms with van der Waals surface area (Å²) in [4.78, 5) is 28.0. The molecule has 4 aliphatic carbocycles. The van der Waals surface area contributed by atoms with Crippen LogP contribution in [0.3, 0.4) is 0 Å². The van der Waals surface area contributed by atoms with Gasteiger partial charge in [-0.15, -0.1) is 0 Å². The van der Waals surface area contributed by atoms with Crippen molar-refractivity contribution in [2.75, 3.05) is 11.9 Å². The number of fused-ring (bicyclic) bond motifs is 1. The Bertz CT molecular complexity index is 974. The SMILES string of the molecule is O=C(CC12CC3CC(CC(C3)C1)C2)Nc1cccc2c1CCN(Cc1ccco1)C2=O. The monoisotopic (exact) mass is 418 g/mol. The van der Waals surface area contributed by atoms with Gasteiger partial charge in [0.1, 0.15) is 5.76 Å². The molecule has 1 aromatic carbocycles. The molecule has 31 heavy (non-hydrogen) atoms. The zero-order valence-electron chi connectivity index (χ0n) is 17.9. The Hall–Kier alpha value is -2.56. The molecule has 4 bridgehead atoms.